The molecule has 0 aliphatic heterocycles. The number of hydrogen-bond acceptors (Lipinski definition) is 3. The largest absolute Gasteiger partial charge is 0.347 e. The Balaban J connectivity index is 1.99. The molecule has 1 amide bonds. The van der Waals surface area contributed by atoms with Crippen LogP contribution in [0.25, 0.3) is 0 Å². The van der Waals surface area contributed by atoms with Crippen LogP contribution in [0.4, 0.5) is 0 Å². The molecule has 0 radical (unpaired) electrons. The number of aromatic amines is 1. The molecule has 2 N–H and O–H groups in total. The van der Waals surface area contributed by atoms with Crippen LogP contribution in [-0.4, -0.2) is 21.1 Å². The fraction of sp³-hybridized carbons (Fsp3) is 0.357. The lowest BCUT2D eigenvalue weighted by atomic mass is 9.92. The van der Waals surface area contributed by atoms with E-state index in [-0.39, 0.29) is 11.3 Å². The van der Waals surface area contributed by atoms with Crippen molar-refractivity contribution < 1.29 is 4.79 Å². The van der Waals surface area contributed by atoms with Crippen LogP contribution < -0.4 is 5.32 Å². The average Bonchev–Trinajstić information content (AvgIpc) is 2.87. The van der Waals surface area contributed by atoms with E-state index in [2.05, 4.69) is 41.3 Å². The van der Waals surface area contributed by atoms with Crippen molar-refractivity contribution in [2.24, 2.45) is 0 Å². The smallest absolute Gasteiger partial charge is 0.272 e. The summed E-state index contributed by atoms with van der Waals surface area (Å²) < 4.78 is 0. The zero-order chi connectivity index (χ0) is 13.9. The highest BCUT2D eigenvalue weighted by Gasteiger charge is 2.19. The van der Waals surface area contributed by atoms with E-state index in [1.165, 1.54) is 0 Å². The Morgan fingerprint density at radius 2 is 2.00 bits per heavy atom. The topological polar surface area (TPSA) is 70.7 Å². The monoisotopic (exact) mass is 258 g/mol. The lowest BCUT2D eigenvalue weighted by Gasteiger charge is -2.14. The Hall–Kier alpha value is -2.17. The van der Waals surface area contributed by atoms with Gasteiger partial charge in [-0.05, 0) is 23.8 Å². The predicted molar refractivity (Wildman–Crippen MR) is 72.7 cm³/mol. The SMILES string of the molecule is CC(C)(C)c1cc(C(=O)NCc2ccncc2)n[nH]1. The first-order valence-corrected chi connectivity index (χ1v) is 6.20. The summed E-state index contributed by atoms with van der Waals surface area (Å²) in [6.07, 6.45) is 3.40. The summed E-state index contributed by atoms with van der Waals surface area (Å²) in [5.74, 6) is -0.177. The lowest BCUT2D eigenvalue weighted by molar-refractivity contribution is 0.0946. The number of hydrogen-bond donors (Lipinski definition) is 2. The van der Waals surface area contributed by atoms with Gasteiger partial charge in [-0.2, -0.15) is 5.10 Å². The van der Waals surface area contributed by atoms with Crippen LogP contribution in [-0.2, 0) is 12.0 Å². The third kappa shape index (κ3) is 3.40. The van der Waals surface area contributed by atoms with Crippen molar-refractivity contribution in [3.05, 3.63) is 47.5 Å². The molecule has 0 aromatic carbocycles. The van der Waals surface area contributed by atoms with Crippen molar-refractivity contribution >= 4 is 5.91 Å². The van der Waals surface area contributed by atoms with Crippen LogP contribution in [0.5, 0.6) is 0 Å². The van der Waals surface area contributed by atoms with Crippen molar-refractivity contribution in [1.82, 2.24) is 20.5 Å². The van der Waals surface area contributed by atoms with Gasteiger partial charge in [-0.3, -0.25) is 14.9 Å². The van der Waals surface area contributed by atoms with E-state index in [1.54, 1.807) is 18.5 Å². The van der Waals surface area contributed by atoms with Gasteiger partial charge in [-0.15, -0.1) is 0 Å². The van der Waals surface area contributed by atoms with Crippen LogP contribution >= 0.6 is 0 Å². The molecule has 0 saturated heterocycles. The summed E-state index contributed by atoms with van der Waals surface area (Å²) in [6.45, 7) is 6.68. The minimum Gasteiger partial charge on any atom is -0.347 e. The first-order valence-electron chi connectivity index (χ1n) is 6.20. The Morgan fingerprint density at radius 3 is 2.58 bits per heavy atom. The quantitative estimate of drug-likeness (QED) is 0.885. The van der Waals surface area contributed by atoms with Gasteiger partial charge in [0.15, 0.2) is 0 Å². The van der Waals surface area contributed by atoms with Gasteiger partial charge in [0.1, 0.15) is 5.69 Å². The van der Waals surface area contributed by atoms with E-state index in [4.69, 9.17) is 0 Å². The number of pyridine rings is 1. The summed E-state index contributed by atoms with van der Waals surface area (Å²) in [4.78, 5) is 15.9. The number of rotatable bonds is 3. The molecule has 5 nitrogen and oxygen atoms in total. The molecular weight excluding hydrogens is 240 g/mol. The predicted octanol–water partition coefficient (Wildman–Crippen LogP) is 2.03. The highest BCUT2D eigenvalue weighted by Crippen LogP contribution is 2.20. The molecule has 19 heavy (non-hydrogen) atoms. The maximum absolute atomic E-state index is 11.9. The Bertz CT molecular complexity index is 554. The van der Waals surface area contributed by atoms with Gasteiger partial charge in [0.05, 0.1) is 0 Å². The summed E-state index contributed by atoms with van der Waals surface area (Å²) in [6, 6.07) is 5.53. The zero-order valence-corrected chi connectivity index (χ0v) is 11.4. The van der Waals surface area contributed by atoms with Crippen LogP contribution in [0.2, 0.25) is 0 Å². The van der Waals surface area contributed by atoms with Crippen molar-refractivity contribution in [3.8, 4) is 0 Å². The molecule has 0 aliphatic carbocycles. The van der Waals surface area contributed by atoms with E-state index in [0.717, 1.165) is 11.3 Å². The second kappa shape index (κ2) is 5.22. The van der Waals surface area contributed by atoms with Gasteiger partial charge in [0.25, 0.3) is 5.91 Å². The number of carbonyl (C=O) groups excluding carboxylic acids is 1. The molecule has 2 heterocycles. The average molecular weight is 258 g/mol. The second-order valence-corrected chi connectivity index (χ2v) is 5.45. The van der Waals surface area contributed by atoms with Crippen LogP contribution in [0.3, 0.4) is 0 Å². The normalized spacial score (nSPS) is 11.3. The molecule has 5 heteroatoms. The van der Waals surface area contributed by atoms with E-state index in [1.807, 2.05) is 12.1 Å². The maximum Gasteiger partial charge on any atom is 0.272 e. The molecule has 0 fully saturated rings. The Morgan fingerprint density at radius 1 is 1.32 bits per heavy atom. The van der Waals surface area contributed by atoms with Gasteiger partial charge in [-0.1, -0.05) is 20.8 Å². The first-order chi connectivity index (χ1) is 8.97. The number of nitrogens with zero attached hydrogens (tertiary/aromatic N) is 2. The maximum atomic E-state index is 11.9. The molecule has 0 atom stereocenters. The minimum absolute atomic E-state index is 0.0450. The molecule has 0 saturated carbocycles. The van der Waals surface area contributed by atoms with Crippen molar-refractivity contribution in [2.75, 3.05) is 0 Å². The zero-order valence-electron chi connectivity index (χ0n) is 11.4. The molecule has 0 unspecified atom stereocenters. The van der Waals surface area contributed by atoms with E-state index >= 15 is 0 Å². The Kier molecular flexibility index (Phi) is 3.64. The Labute approximate surface area is 112 Å². The third-order valence-electron chi connectivity index (χ3n) is 2.82. The summed E-state index contributed by atoms with van der Waals surface area (Å²) in [5, 5.41) is 9.78. The van der Waals surface area contributed by atoms with Gasteiger partial charge < -0.3 is 5.32 Å². The van der Waals surface area contributed by atoms with Gasteiger partial charge in [-0.25, -0.2) is 0 Å². The van der Waals surface area contributed by atoms with Gasteiger partial charge in [0, 0.05) is 30.0 Å². The number of nitrogens with one attached hydrogen (secondary N) is 2. The molecule has 2 aromatic rings. The third-order valence-corrected chi connectivity index (χ3v) is 2.82. The molecule has 100 valence electrons. The van der Waals surface area contributed by atoms with Crippen molar-refractivity contribution in [2.45, 2.75) is 32.7 Å². The fourth-order valence-electron chi connectivity index (χ4n) is 1.60. The summed E-state index contributed by atoms with van der Waals surface area (Å²) in [7, 11) is 0. The number of aromatic nitrogens is 3. The highest BCUT2D eigenvalue weighted by molar-refractivity contribution is 5.92. The molecule has 0 spiro atoms. The van der Waals surface area contributed by atoms with Crippen molar-refractivity contribution in [3.63, 3.8) is 0 Å². The fourth-order valence-corrected chi connectivity index (χ4v) is 1.60. The van der Waals surface area contributed by atoms with Gasteiger partial charge >= 0.3 is 0 Å². The molecule has 2 rings (SSSR count). The van der Waals surface area contributed by atoms with Crippen LogP contribution in [0, 0.1) is 0 Å². The lowest BCUT2D eigenvalue weighted by Crippen LogP contribution is -2.23. The van der Waals surface area contributed by atoms with Gasteiger partial charge in [0.2, 0.25) is 0 Å². The van der Waals surface area contributed by atoms with Crippen LogP contribution in [0.1, 0.15) is 42.5 Å². The summed E-state index contributed by atoms with van der Waals surface area (Å²) in [5.41, 5.74) is 2.33. The molecule has 2 aromatic heterocycles. The summed E-state index contributed by atoms with van der Waals surface area (Å²) >= 11 is 0. The van der Waals surface area contributed by atoms with E-state index < -0.39 is 0 Å². The number of H-pyrrole nitrogens is 1. The molecule has 0 bridgehead atoms. The van der Waals surface area contributed by atoms with Crippen LogP contribution in [0.15, 0.2) is 30.6 Å². The van der Waals surface area contributed by atoms with E-state index in [0.29, 0.717) is 12.2 Å². The standard InChI is InChI=1S/C14H18N4O/c1-14(2,3)12-8-11(17-18-12)13(19)16-9-10-4-6-15-7-5-10/h4-8H,9H2,1-3H3,(H,16,19)(H,17,18). The number of amides is 1. The van der Waals surface area contributed by atoms with E-state index in [9.17, 15) is 4.79 Å². The molecular formula is C14H18N4O. The number of carbonyl (C=O) groups is 1. The van der Waals surface area contributed by atoms with Crippen molar-refractivity contribution in [1.29, 1.82) is 0 Å². The second-order valence-electron chi connectivity index (χ2n) is 5.45. The molecule has 0 aliphatic rings. The first kappa shape index (κ1) is 13.3. The minimum atomic E-state index is -0.177. The highest BCUT2D eigenvalue weighted by atomic mass is 16.1.